The Kier molecular flexibility index (Phi) is 5.50. The molecular weight excluding hydrogens is 296 g/mol. The zero-order chi connectivity index (χ0) is 12.8. The standard InChI is InChI=1S/C11H12BrF2NO2/c1-17-6-8(5-12)15-11(16)9-3-2-7(13)4-10(9)14/h2-4,8H,5-6H2,1H3,(H,15,16). The number of rotatable bonds is 5. The van der Waals surface area contributed by atoms with Crippen LogP contribution in [0.1, 0.15) is 10.4 Å². The van der Waals surface area contributed by atoms with E-state index in [0.29, 0.717) is 18.0 Å². The molecule has 1 aromatic carbocycles. The summed E-state index contributed by atoms with van der Waals surface area (Å²) in [6, 6.07) is 2.56. The van der Waals surface area contributed by atoms with E-state index in [2.05, 4.69) is 21.2 Å². The lowest BCUT2D eigenvalue weighted by Gasteiger charge is -2.15. The van der Waals surface area contributed by atoms with Crippen molar-refractivity contribution in [2.75, 3.05) is 19.0 Å². The van der Waals surface area contributed by atoms with Gasteiger partial charge < -0.3 is 10.1 Å². The van der Waals surface area contributed by atoms with Gasteiger partial charge in [-0.3, -0.25) is 4.79 Å². The molecule has 0 aromatic heterocycles. The summed E-state index contributed by atoms with van der Waals surface area (Å²) in [4.78, 5) is 11.7. The van der Waals surface area contributed by atoms with Crippen LogP contribution in [0.3, 0.4) is 0 Å². The Balaban J connectivity index is 2.75. The summed E-state index contributed by atoms with van der Waals surface area (Å²) in [6.45, 7) is 0.305. The number of alkyl halides is 1. The number of nitrogens with one attached hydrogen (secondary N) is 1. The van der Waals surface area contributed by atoms with Crippen molar-refractivity contribution in [2.24, 2.45) is 0 Å². The third-order valence-corrected chi connectivity index (χ3v) is 2.85. The number of methoxy groups -OCH3 is 1. The van der Waals surface area contributed by atoms with E-state index < -0.39 is 17.5 Å². The van der Waals surface area contributed by atoms with Gasteiger partial charge in [0.2, 0.25) is 0 Å². The van der Waals surface area contributed by atoms with E-state index in [1.165, 1.54) is 7.11 Å². The monoisotopic (exact) mass is 307 g/mol. The van der Waals surface area contributed by atoms with Crippen molar-refractivity contribution in [3.05, 3.63) is 35.4 Å². The fraction of sp³-hybridized carbons (Fsp3) is 0.364. The number of carbonyl (C=O) groups is 1. The van der Waals surface area contributed by atoms with E-state index in [9.17, 15) is 13.6 Å². The number of carbonyl (C=O) groups excluding carboxylic acids is 1. The first-order valence-corrected chi connectivity index (χ1v) is 6.01. The molecule has 0 aliphatic carbocycles. The summed E-state index contributed by atoms with van der Waals surface area (Å²) in [5.74, 6) is -2.19. The first-order valence-electron chi connectivity index (χ1n) is 4.89. The fourth-order valence-electron chi connectivity index (χ4n) is 1.26. The smallest absolute Gasteiger partial charge is 0.254 e. The second-order valence-electron chi connectivity index (χ2n) is 3.40. The summed E-state index contributed by atoms with van der Waals surface area (Å²) in [6.07, 6.45) is 0. The van der Waals surface area contributed by atoms with E-state index in [1.807, 2.05) is 0 Å². The third kappa shape index (κ3) is 4.05. The Labute approximate surface area is 106 Å². The fourth-order valence-corrected chi connectivity index (χ4v) is 1.61. The Hall–Kier alpha value is -1.01. The molecule has 1 N–H and O–H groups in total. The SMILES string of the molecule is COCC(CBr)NC(=O)c1ccc(F)cc1F. The van der Waals surface area contributed by atoms with Gasteiger partial charge in [0.1, 0.15) is 11.6 Å². The topological polar surface area (TPSA) is 38.3 Å². The highest BCUT2D eigenvalue weighted by Gasteiger charge is 2.16. The highest BCUT2D eigenvalue weighted by atomic mass is 79.9. The van der Waals surface area contributed by atoms with Gasteiger partial charge in [-0.2, -0.15) is 0 Å². The Morgan fingerprint density at radius 1 is 1.53 bits per heavy atom. The molecule has 3 nitrogen and oxygen atoms in total. The van der Waals surface area contributed by atoms with Crippen LogP contribution in [-0.4, -0.2) is 31.0 Å². The summed E-state index contributed by atoms with van der Waals surface area (Å²) in [5.41, 5.74) is -0.187. The largest absolute Gasteiger partial charge is 0.383 e. The van der Waals surface area contributed by atoms with Gasteiger partial charge in [0.05, 0.1) is 18.2 Å². The molecular formula is C11H12BrF2NO2. The molecule has 0 saturated carbocycles. The first-order chi connectivity index (χ1) is 8.08. The molecule has 0 fully saturated rings. The van der Waals surface area contributed by atoms with Crippen LogP contribution in [0.5, 0.6) is 0 Å². The van der Waals surface area contributed by atoms with Crippen molar-refractivity contribution in [3.63, 3.8) is 0 Å². The van der Waals surface area contributed by atoms with Gasteiger partial charge in [-0.05, 0) is 12.1 Å². The van der Waals surface area contributed by atoms with E-state index in [-0.39, 0.29) is 11.6 Å². The number of hydrogen-bond donors (Lipinski definition) is 1. The average Bonchev–Trinajstić information content (AvgIpc) is 2.28. The number of ether oxygens (including phenoxy) is 1. The van der Waals surface area contributed by atoms with Crippen molar-refractivity contribution in [2.45, 2.75) is 6.04 Å². The zero-order valence-corrected chi connectivity index (χ0v) is 10.8. The van der Waals surface area contributed by atoms with Gasteiger partial charge in [-0.15, -0.1) is 0 Å². The van der Waals surface area contributed by atoms with Crippen LogP contribution in [-0.2, 0) is 4.74 Å². The van der Waals surface area contributed by atoms with E-state index in [0.717, 1.165) is 12.1 Å². The summed E-state index contributed by atoms with van der Waals surface area (Å²) < 4.78 is 30.8. The number of benzene rings is 1. The predicted molar refractivity (Wildman–Crippen MR) is 63.3 cm³/mol. The van der Waals surface area contributed by atoms with E-state index in [1.54, 1.807) is 0 Å². The number of halogens is 3. The maximum Gasteiger partial charge on any atom is 0.254 e. The Morgan fingerprint density at radius 3 is 2.76 bits per heavy atom. The van der Waals surface area contributed by atoms with Gasteiger partial charge in [0.15, 0.2) is 0 Å². The molecule has 1 atom stereocenters. The Morgan fingerprint density at radius 2 is 2.24 bits per heavy atom. The van der Waals surface area contributed by atoms with Crippen LogP contribution in [0.2, 0.25) is 0 Å². The highest BCUT2D eigenvalue weighted by molar-refractivity contribution is 9.09. The quantitative estimate of drug-likeness (QED) is 0.846. The maximum atomic E-state index is 13.3. The molecule has 94 valence electrons. The van der Waals surface area contributed by atoms with Crippen LogP contribution in [0, 0.1) is 11.6 Å². The molecule has 1 rings (SSSR count). The molecule has 0 radical (unpaired) electrons. The lowest BCUT2D eigenvalue weighted by atomic mass is 10.2. The molecule has 6 heteroatoms. The second kappa shape index (κ2) is 6.66. The minimum atomic E-state index is -0.881. The molecule has 0 spiro atoms. The molecule has 1 unspecified atom stereocenters. The summed E-state index contributed by atoms with van der Waals surface area (Å²) in [7, 11) is 1.50. The van der Waals surface area contributed by atoms with Gasteiger partial charge in [-0.1, -0.05) is 15.9 Å². The molecule has 0 bridgehead atoms. The number of hydrogen-bond acceptors (Lipinski definition) is 2. The van der Waals surface area contributed by atoms with Gasteiger partial charge >= 0.3 is 0 Å². The molecule has 0 aliphatic rings. The van der Waals surface area contributed by atoms with Crippen molar-refractivity contribution in [1.82, 2.24) is 5.32 Å². The predicted octanol–water partition coefficient (Wildman–Crippen LogP) is 2.10. The van der Waals surface area contributed by atoms with Crippen molar-refractivity contribution < 1.29 is 18.3 Å². The Bertz CT molecular complexity index is 401. The van der Waals surface area contributed by atoms with Crippen LogP contribution in [0.4, 0.5) is 8.78 Å². The van der Waals surface area contributed by atoms with Crippen LogP contribution in [0.15, 0.2) is 18.2 Å². The minimum Gasteiger partial charge on any atom is -0.383 e. The maximum absolute atomic E-state index is 13.3. The zero-order valence-electron chi connectivity index (χ0n) is 9.17. The summed E-state index contributed by atoms with van der Waals surface area (Å²) in [5, 5.41) is 3.05. The van der Waals surface area contributed by atoms with Crippen LogP contribution < -0.4 is 5.32 Å². The van der Waals surface area contributed by atoms with Crippen molar-refractivity contribution in [1.29, 1.82) is 0 Å². The minimum absolute atomic E-state index is 0.187. The molecule has 0 saturated heterocycles. The second-order valence-corrected chi connectivity index (χ2v) is 4.05. The van der Waals surface area contributed by atoms with Gasteiger partial charge in [0.25, 0.3) is 5.91 Å². The van der Waals surface area contributed by atoms with Gasteiger partial charge in [0, 0.05) is 18.5 Å². The lowest BCUT2D eigenvalue weighted by molar-refractivity contribution is 0.0904. The van der Waals surface area contributed by atoms with Crippen LogP contribution in [0.25, 0.3) is 0 Å². The molecule has 1 aromatic rings. The van der Waals surface area contributed by atoms with Crippen molar-refractivity contribution in [3.8, 4) is 0 Å². The van der Waals surface area contributed by atoms with Crippen molar-refractivity contribution >= 4 is 21.8 Å². The van der Waals surface area contributed by atoms with Gasteiger partial charge in [-0.25, -0.2) is 8.78 Å². The molecule has 17 heavy (non-hydrogen) atoms. The summed E-state index contributed by atoms with van der Waals surface area (Å²) >= 11 is 3.20. The molecule has 0 heterocycles. The average molecular weight is 308 g/mol. The highest BCUT2D eigenvalue weighted by Crippen LogP contribution is 2.09. The normalized spacial score (nSPS) is 12.2. The first kappa shape index (κ1) is 14.1. The molecule has 1 amide bonds. The van der Waals surface area contributed by atoms with Crippen LogP contribution >= 0.6 is 15.9 Å². The lowest BCUT2D eigenvalue weighted by Crippen LogP contribution is -2.39. The van der Waals surface area contributed by atoms with E-state index in [4.69, 9.17) is 4.74 Å². The third-order valence-electron chi connectivity index (χ3n) is 2.07. The number of amides is 1. The van der Waals surface area contributed by atoms with E-state index >= 15 is 0 Å². The molecule has 0 aliphatic heterocycles.